The molecule has 0 aliphatic heterocycles. The number of nitrogens with zero attached hydrogens (tertiary/aromatic N) is 1. The van der Waals surface area contributed by atoms with Gasteiger partial charge in [-0.15, -0.1) is 0 Å². The molecule has 0 heterocycles. The Morgan fingerprint density at radius 2 is 1.06 bits per heavy atom. The predicted octanol–water partition coefficient (Wildman–Crippen LogP) is 6.57. The fraction of sp³-hybridized carbons (Fsp3) is 0.0690. The van der Waals surface area contributed by atoms with Crippen LogP contribution in [0, 0.1) is 0 Å². The third kappa shape index (κ3) is 4.86. The molecule has 0 aliphatic rings. The van der Waals surface area contributed by atoms with Gasteiger partial charge in [-0.2, -0.15) is 0 Å². The van der Waals surface area contributed by atoms with E-state index in [2.05, 4.69) is 34.9 Å². The van der Waals surface area contributed by atoms with Crippen LogP contribution in [0.2, 0.25) is 0 Å². The minimum Gasteiger partial charge on any atom is -0.390 e. The molecule has 0 saturated carbocycles. The fourth-order valence-corrected chi connectivity index (χ4v) is 3.87. The van der Waals surface area contributed by atoms with Crippen LogP contribution < -0.4 is 10.8 Å². The first kappa shape index (κ1) is 20.7. The van der Waals surface area contributed by atoms with Gasteiger partial charge in [0.15, 0.2) is 0 Å². The van der Waals surface area contributed by atoms with Crippen LogP contribution in [0.15, 0.2) is 120 Å². The average molecular weight is 433 g/mol. The van der Waals surface area contributed by atoms with E-state index in [0.29, 0.717) is 13.2 Å². The summed E-state index contributed by atoms with van der Waals surface area (Å²) in [5.41, 5.74) is 6.16. The highest BCUT2D eigenvalue weighted by atomic mass is 16.6. The van der Waals surface area contributed by atoms with Gasteiger partial charge in [0.25, 0.3) is 0 Å². The summed E-state index contributed by atoms with van der Waals surface area (Å²) in [6.07, 6.45) is 0. The summed E-state index contributed by atoms with van der Waals surface area (Å²) in [6, 6.07) is 38.6. The first-order valence-electron chi connectivity index (χ1n) is 10.9. The highest BCUT2D eigenvalue weighted by Crippen LogP contribution is 2.27. The molecule has 0 atom stereocenters. The Balaban J connectivity index is 1.56. The Morgan fingerprint density at radius 1 is 0.545 bits per heavy atom. The Hall–Kier alpha value is -4.15. The number of fused-ring (bicyclic) bond motifs is 3. The van der Waals surface area contributed by atoms with Crippen molar-refractivity contribution in [3.05, 3.63) is 132 Å². The first-order valence-corrected chi connectivity index (χ1v) is 10.9. The van der Waals surface area contributed by atoms with Gasteiger partial charge in [-0.05, 0) is 28.0 Å². The molecule has 0 spiro atoms. The lowest BCUT2D eigenvalue weighted by Gasteiger charge is -2.08. The number of hydrogen-bond acceptors (Lipinski definition) is 4. The van der Waals surface area contributed by atoms with Gasteiger partial charge >= 0.3 is 0 Å². The fourth-order valence-electron chi connectivity index (χ4n) is 3.87. The average Bonchev–Trinajstić information content (AvgIpc) is 3.01. The zero-order valence-corrected chi connectivity index (χ0v) is 18.1. The number of nitrogens with one attached hydrogen (secondary N) is 1. The molecule has 0 aromatic heterocycles. The largest absolute Gasteiger partial charge is 0.390 e. The van der Waals surface area contributed by atoms with Gasteiger partial charge in [0, 0.05) is 10.8 Å². The van der Waals surface area contributed by atoms with Gasteiger partial charge in [0.2, 0.25) is 0 Å². The van der Waals surface area contributed by atoms with Crippen molar-refractivity contribution in [1.29, 1.82) is 0 Å². The molecular formula is C29H24N2O2. The van der Waals surface area contributed by atoms with Crippen LogP contribution in [0.4, 0.5) is 5.69 Å². The molecule has 0 amide bonds. The minimum atomic E-state index is 0.403. The van der Waals surface area contributed by atoms with Crippen molar-refractivity contribution in [2.24, 2.45) is 5.16 Å². The Labute approximate surface area is 192 Å². The Bertz CT molecular complexity index is 1430. The van der Waals surface area contributed by atoms with Crippen molar-refractivity contribution >= 4 is 27.2 Å². The van der Waals surface area contributed by atoms with Gasteiger partial charge in [0.05, 0.1) is 12.3 Å². The van der Waals surface area contributed by atoms with E-state index < -0.39 is 0 Å². The van der Waals surface area contributed by atoms with Crippen molar-refractivity contribution in [1.82, 2.24) is 0 Å². The van der Waals surface area contributed by atoms with Crippen LogP contribution in [0.3, 0.4) is 0 Å². The molecule has 0 aliphatic carbocycles. The molecule has 0 saturated heterocycles. The summed E-state index contributed by atoms with van der Waals surface area (Å²) in [6.45, 7) is 0.852. The van der Waals surface area contributed by atoms with E-state index in [0.717, 1.165) is 43.7 Å². The van der Waals surface area contributed by atoms with Gasteiger partial charge in [-0.1, -0.05) is 114 Å². The number of hydrogen-bond donors (Lipinski definition) is 1. The van der Waals surface area contributed by atoms with Crippen LogP contribution in [0.5, 0.6) is 0 Å². The molecule has 33 heavy (non-hydrogen) atoms. The second-order valence-corrected chi connectivity index (χ2v) is 7.76. The van der Waals surface area contributed by atoms with Gasteiger partial charge in [0.1, 0.15) is 12.0 Å². The zero-order chi connectivity index (χ0) is 22.3. The lowest BCUT2D eigenvalue weighted by atomic mass is 10.1. The van der Waals surface area contributed by atoms with Crippen LogP contribution in [0.25, 0.3) is 21.5 Å². The van der Waals surface area contributed by atoms with E-state index in [1.807, 2.05) is 91.0 Å². The number of rotatable bonds is 7. The summed E-state index contributed by atoms with van der Waals surface area (Å²) < 4.78 is 0. The number of benzene rings is 4. The summed E-state index contributed by atoms with van der Waals surface area (Å²) in [4.78, 5) is 11.6. The monoisotopic (exact) mass is 432 g/mol. The van der Waals surface area contributed by atoms with Crippen LogP contribution in [0.1, 0.15) is 11.1 Å². The van der Waals surface area contributed by atoms with E-state index in [4.69, 9.17) is 9.68 Å². The molecule has 1 N–H and O–H groups in total. The molecule has 162 valence electrons. The lowest BCUT2D eigenvalue weighted by molar-refractivity contribution is 0.120. The lowest BCUT2D eigenvalue weighted by Crippen LogP contribution is -2.06. The predicted molar refractivity (Wildman–Crippen MR) is 133 cm³/mol. The molecule has 0 unspecified atom stereocenters. The summed E-state index contributed by atoms with van der Waals surface area (Å²) in [5.74, 6) is 0. The van der Waals surface area contributed by atoms with Crippen LogP contribution in [-0.2, 0) is 22.9 Å². The van der Waals surface area contributed by atoms with Crippen molar-refractivity contribution in [3.63, 3.8) is 0 Å². The maximum absolute atomic E-state index is 5.88. The van der Waals surface area contributed by atoms with E-state index in [1.165, 1.54) is 0 Å². The van der Waals surface area contributed by atoms with Crippen molar-refractivity contribution in [2.75, 3.05) is 5.48 Å². The normalized spacial score (nSPS) is 11.6. The Kier molecular flexibility index (Phi) is 6.27. The third-order valence-electron chi connectivity index (χ3n) is 5.49. The SMILES string of the molecule is c1ccc(CON=c2cc(NOCc3ccccc3)c3ccccc3c3ccccc23)cc1. The quantitative estimate of drug-likeness (QED) is 0.296. The maximum Gasteiger partial charge on any atom is 0.142 e. The van der Waals surface area contributed by atoms with E-state index in [9.17, 15) is 0 Å². The first-order chi connectivity index (χ1) is 16.4. The van der Waals surface area contributed by atoms with Gasteiger partial charge < -0.3 is 4.84 Å². The topological polar surface area (TPSA) is 42.8 Å². The van der Waals surface area contributed by atoms with Crippen molar-refractivity contribution in [2.45, 2.75) is 13.2 Å². The van der Waals surface area contributed by atoms with Crippen molar-refractivity contribution in [3.8, 4) is 0 Å². The molecule has 5 aromatic carbocycles. The molecule has 5 rings (SSSR count). The third-order valence-corrected chi connectivity index (χ3v) is 5.49. The summed E-state index contributed by atoms with van der Waals surface area (Å²) >= 11 is 0. The highest BCUT2D eigenvalue weighted by molar-refractivity contribution is 6.09. The highest BCUT2D eigenvalue weighted by Gasteiger charge is 2.07. The molecular weight excluding hydrogens is 408 g/mol. The van der Waals surface area contributed by atoms with E-state index in [-0.39, 0.29) is 0 Å². The molecule has 0 fully saturated rings. The zero-order valence-electron chi connectivity index (χ0n) is 18.1. The maximum atomic E-state index is 5.88. The number of anilines is 1. The standard InChI is InChI=1S/C29H24N2O2/c1-3-11-22(12-4-1)20-32-30-28-19-29(31-33-21-23-13-5-2-6-14-23)27-18-10-8-16-25(27)24-15-7-9-17-26(24)28/h1-19,30H,20-21H2. The molecule has 4 nitrogen and oxygen atoms in total. The van der Waals surface area contributed by atoms with Crippen LogP contribution in [-0.4, -0.2) is 0 Å². The van der Waals surface area contributed by atoms with Crippen LogP contribution >= 0.6 is 0 Å². The second kappa shape index (κ2) is 9.98. The van der Waals surface area contributed by atoms with E-state index >= 15 is 0 Å². The summed E-state index contributed by atoms with van der Waals surface area (Å²) in [5, 5.41) is 9.54. The second-order valence-electron chi connectivity index (χ2n) is 7.76. The molecule has 0 bridgehead atoms. The molecule has 0 radical (unpaired) electrons. The van der Waals surface area contributed by atoms with Gasteiger partial charge in [-0.25, -0.2) is 0 Å². The minimum absolute atomic E-state index is 0.403. The summed E-state index contributed by atoms with van der Waals surface area (Å²) in [7, 11) is 0. The molecule has 5 aromatic rings. The smallest absolute Gasteiger partial charge is 0.142 e. The Morgan fingerprint density at radius 3 is 1.73 bits per heavy atom. The van der Waals surface area contributed by atoms with Gasteiger partial charge in [-0.3, -0.25) is 10.3 Å². The van der Waals surface area contributed by atoms with E-state index in [1.54, 1.807) is 0 Å². The molecule has 4 heteroatoms. The van der Waals surface area contributed by atoms with Crippen molar-refractivity contribution < 1.29 is 9.68 Å².